The molecule has 3 aromatic heterocycles. The molecule has 0 unspecified atom stereocenters. The van der Waals surface area contributed by atoms with Gasteiger partial charge in [0.25, 0.3) is 12.1 Å². The zero-order valence-electron chi connectivity index (χ0n) is 18.3. The second-order valence-corrected chi connectivity index (χ2v) is 7.98. The summed E-state index contributed by atoms with van der Waals surface area (Å²) in [6.07, 6.45) is 1.38. The van der Waals surface area contributed by atoms with Gasteiger partial charge in [-0.15, -0.1) is 0 Å². The Morgan fingerprint density at radius 3 is 2.61 bits per heavy atom. The molecule has 0 amide bonds. The summed E-state index contributed by atoms with van der Waals surface area (Å²) in [4.78, 5) is 25.7. The van der Waals surface area contributed by atoms with E-state index in [-0.39, 0.29) is 24.5 Å². The van der Waals surface area contributed by atoms with Gasteiger partial charge >= 0.3 is 0 Å². The second kappa shape index (κ2) is 7.88. The molecule has 0 aliphatic carbocycles. The number of aromatic nitrogens is 5. The van der Waals surface area contributed by atoms with Gasteiger partial charge < -0.3 is 10.6 Å². The average molecular weight is 435 g/mol. The normalized spacial score (nSPS) is 11.2. The van der Waals surface area contributed by atoms with Crippen LogP contribution in [0, 0.1) is 20.4 Å². The topological polar surface area (TPSA) is 96.0 Å². The molecule has 2 N–H and O–H groups in total. The van der Waals surface area contributed by atoms with E-state index in [1.807, 2.05) is 62.4 Å². The van der Waals surface area contributed by atoms with Crippen LogP contribution in [0.3, 0.4) is 0 Å². The monoisotopic (exact) mass is 435 g/mol. The summed E-state index contributed by atoms with van der Waals surface area (Å²) in [6.45, 7) is 11.6. The minimum Gasteiger partial charge on any atom is -0.383 e. The van der Waals surface area contributed by atoms with Crippen molar-refractivity contribution in [3.8, 4) is 5.69 Å². The van der Waals surface area contributed by atoms with Gasteiger partial charge in [-0.05, 0) is 42.5 Å². The quantitative estimate of drug-likeness (QED) is 0.433. The lowest BCUT2D eigenvalue weighted by Gasteiger charge is -2.17. The summed E-state index contributed by atoms with van der Waals surface area (Å²) in [5.41, 5.74) is 10.5. The molecule has 0 atom stereocenters. The Kier molecular flexibility index (Phi) is 4.87. The van der Waals surface area contributed by atoms with Gasteiger partial charge in [0.15, 0.2) is 11.3 Å². The van der Waals surface area contributed by atoms with E-state index >= 15 is 0 Å². The molecule has 3 heterocycles. The SMILES string of the molecule is [C-]#[N+]Cc1nn(Cc2cc3cccc(C)c3c(=O)n2-c2ccccc2C)c2ncnc(N)c12. The van der Waals surface area contributed by atoms with Gasteiger partial charge in [0.1, 0.15) is 12.1 Å². The number of hydrogen-bond acceptors (Lipinski definition) is 5. The number of nitrogens with two attached hydrogens (primary N) is 1. The lowest BCUT2D eigenvalue weighted by molar-refractivity contribution is 0.660. The molecule has 0 fully saturated rings. The predicted octanol–water partition coefficient (Wildman–Crippen LogP) is 3.80. The van der Waals surface area contributed by atoms with E-state index in [0.29, 0.717) is 22.1 Å². The highest BCUT2D eigenvalue weighted by Crippen LogP contribution is 2.25. The highest BCUT2D eigenvalue weighted by atomic mass is 16.1. The van der Waals surface area contributed by atoms with Crippen LogP contribution in [0.5, 0.6) is 0 Å². The zero-order chi connectivity index (χ0) is 23.1. The van der Waals surface area contributed by atoms with E-state index in [1.54, 1.807) is 9.25 Å². The van der Waals surface area contributed by atoms with E-state index in [1.165, 1.54) is 6.33 Å². The number of aryl methyl sites for hydroxylation is 2. The van der Waals surface area contributed by atoms with Crippen molar-refractivity contribution in [3.05, 3.63) is 99.1 Å². The summed E-state index contributed by atoms with van der Waals surface area (Å²) in [5.74, 6) is 0.287. The summed E-state index contributed by atoms with van der Waals surface area (Å²) in [5, 5.41) is 6.76. The Hall–Kier alpha value is -4.51. The van der Waals surface area contributed by atoms with Crippen LogP contribution < -0.4 is 11.3 Å². The molecule has 0 aliphatic rings. The van der Waals surface area contributed by atoms with Crippen molar-refractivity contribution in [1.82, 2.24) is 24.3 Å². The van der Waals surface area contributed by atoms with Crippen molar-refractivity contribution in [2.75, 3.05) is 5.73 Å². The molecule has 5 aromatic rings. The first-order valence-electron chi connectivity index (χ1n) is 10.5. The standard InChI is InChI=1S/C25H21N7O/c1-15-7-4-5-10-20(15)32-18(11-17-9-6-8-16(2)21(17)25(32)33)13-31-24-22(19(30-31)12-27-3)23(26)28-14-29-24/h4-11,14H,12-13H2,1-2H3,(H2,26,28,29). The number of nitrogens with zero attached hydrogens (tertiary/aromatic N) is 6. The van der Waals surface area contributed by atoms with Gasteiger partial charge in [-0.25, -0.2) is 21.2 Å². The third kappa shape index (κ3) is 3.31. The Morgan fingerprint density at radius 1 is 1.03 bits per heavy atom. The minimum atomic E-state index is -0.0816. The molecule has 0 spiro atoms. The number of benzene rings is 2. The maximum absolute atomic E-state index is 13.8. The number of pyridine rings is 1. The highest BCUT2D eigenvalue weighted by molar-refractivity contribution is 5.88. The van der Waals surface area contributed by atoms with Gasteiger partial charge in [0, 0.05) is 5.69 Å². The number of para-hydroxylation sites is 1. The fraction of sp³-hybridized carbons (Fsp3) is 0.160. The fourth-order valence-electron chi connectivity index (χ4n) is 4.34. The molecule has 162 valence electrons. The number of nitrogen functional groups attached to an aromatic ring is 1. The molecule has 8 nitrogen and oxygen atoms in total. The first-order valence-corrected chi connectivity index (χ1v) is 10.5. The van der Waals surface area contributed by atoms with Crippen LogP contribution in [-0.4, -0.2) is 24.3 Å². The molecule has 5 rings (SSSR count). The van der Waals surface area contributed by atoms with Crippen LogP contribution in [0.25, 0.3) is 32.3 Å². The average Bonchev–Trinajstić information content (AvgIpc) is 3.13. The Bertz CT molecular complexity index is 1640. The summed E-state index contributed by atoms with van der Waals surface area (Å²) in [6, 6.07) is 15.7. The highest BCUT2D eigenvalue weighted by Gasteiger charge is 2.20. The van der Waals surface area contributed by atoms with E-state index in [4.69, 9.17) is 12.3 Å². The van der Waals surface area contributed by atoms with Crippen molar-refractivity contribution < 1.29 is 0 Å². The number of fused-ring (bicyclic) bond motifs is 2. The smallest absolute Gasteiger partial charge is 0.263 e. The van der Waals surface area contributed by atoms with Crippen LogP contribution in [0.2, 0.25) is 0 Å². The van der Waals surface area contributed by atoms with Gasteiger partial charge in [-0.1, -0.05) is 36.4 Å². The van der Waals surface area contributed by atoms with Gasteiger partial charge in [-0.2, -0.15) is 5.10 Å². The van der Waals surface area contributed by atoms with Crippen LogP contribution in [0.15, 0.2) is 59.7 Å². The minimum absolute atomic E-state index is 0.0720. The Morgan fingerprint density at radius 2 is 1.82 bits per heavy atom. The van der Waals surface area contributed by atoms with Crippen LogP contribution >= 0.6 is 0 Å². The van der Waals surface area contributed by atoms with Crippen molar-refractivity contribution in [2.24, 2.45) is 0 Å². The van der Waals surface area contributed by atoms with E-state index in [0.717, 1.165) is 27.9 Å². The first kappa shape index (κ1) is 20.4. The first-order chi connectivity index (χ1) is 16.0. The molecule has 0 saturated carbocycles. The fourth-order valence-corrected chi connectivity index (χ4v) is 4.34. The number of anilines is 1. The second-order valence-electron chi connectivity index (χ2n) is 7.98. The Labute approximate surface area is 189 Å². The van der Waals surface area contributed by atoms with Crippen LogP contribution in [-0.2, 0) is 13.1 Å². The maximum atomic E-state index is 13.8. The van der Waals surface area contributed by atoms with Crippen LogP contribution in [0.1, 0.15) is 22.5 Å². The van der Waals surface area contributed by atoms with Gasteiger partial charge in [0.2, 0.25) is 0 Å². The molecule has 0 aliphatic heterocycles. The summed E-state index contributed by atoms with van der Waals surface area (Å²) >= 11 is 0. The largest absolute Gasteiger partial charge is 0.383 e. The van der Waals surface area contributed by atoms with E-state index < -0.39 is 0 Å². The molecule has 2 aromatic carbocycles. The molecule has 0 saturated heterocycles. The molecule has 0 radical (unpaired) electrons. The predicted molar refractivity (Wildman–Crippen MR) is 128 cm³/mol. The summed E-state index contributed by atoms with van der Waals surface area (Å²) in [7, 11) is 0. The zero-order valence-corrected chi connectivity index (χ0v) is 18.3. The maximum Gasteiger partial charge on any atom is 0.263 e. The van der Waals surface area contributed by atoms with Crippen molar-refractivity contribution in [1.29, 1.82) is 0 Å². The van der Waals surface area contributed by atoms with Crippen molar-refractivity contribution in [2.45, 2.75) is 26.9 Å². The lowest BCUT2D eigenvalue weighted by Crippen LogP contribution is -2.25. The van der Waals surface area contributed by atoms with Gasteiger partial charge in [0.05, 0.1) is 23.0 Å². The third-order valence-electron chi connectivity index (χ3n) is 5.86. The van der Waals surface area contributed by atoms with Gasteiger partial charge in [-0.3, -0.25) is 9.36 Å². The van der Waals surface area contributed by atoms with Crippen molar-refractivity contribution in [3.63, 3.8) is 0 Å². The molecule has 8 heteroatoms. The summed E-state index contributed by atoms with van der Waals surface area (Å²) < 4.78 is 3.44. The number of rotatable bonds is 4. The molecule has 0 bridgehead atoms. The molecule has 33 heavy (non-hydrogen) atoms. The van der Waals surface area contributed by atoms with Crippen molar-refractivity contribution >= 4 is 27.6 Å². The third-order valence-corrected chi connectivity index (χ3v) is 5.86. The number of hydrogen-bond donors (Lipinski definition) is 1. The van der Waals surface area contributed by atoms with Crippen LogP contribution in [0.4, 0.5) is 5.82 Å². The molecular formula is C25H21N7O. The van der Waals surface area contributed by atoms with E-state index in [2.05, 4.69) is 19.9 Å². The Balaban J connectivity index is 1.80. The lowest BCUT2D eigenvalue weighted by atomic mass is 10.1. The van der Waals surface area contributed by atoms with E-state index in [9.17, 15) is 4.79 Å². The molecular weight excluding hydrogens is 414 g/mol.